The Hall–Kier alpha value is -1.00. The lowest BCUT2D eigenvalue weighted by molar-refractivity contribution is -0.122. The number of nitrogens with two attached hydrogens (primary N) is 1. The van der Waals surface area contributed by atoms with Gasteiger partial charge in [-0.3, -0.25) is 4.79 Å². The predicted molar refractivity (Wildman–Crippen MR) is 83.2 cm³/mol. The van der Waals surface area contributed by atoms with Gasteiger partial charge in [-0.15, -0.1) is 0 Å². The highest BCUT2D eigenvalue weighted by molar-refractivity contribution is 7.99. The van der Waals surface area contributed by atoms with Crippen molar-refractivity contribution < 1.29 is 4.79 Å². The molecule has 1 amide bonds. The molecule has 3 nitrogen and oxygen atoms in total. The van der Waals surface area contributed by atoms with Crippen LogP contribution in [0.25, 0.3) is 0 Å². The van der Waals surface area contributed by atoms with Gasteiger partial charge in [0, 0.05) is 18.5 Å². The molecule has 0 aliphatic heterocycles. The van der Waals surface area contributed by atoms with Crippen molar-refractivity contribution >= 4 is 17.7 Å². The van der Waals surface area contributed by atoms with Gasteiger partial charge in [-0.1, -0.05) is 37.3 Å². The first-order valence-corrected chi connectivity index (χ1v) is 7.96. The standard InChI is InChI=1S/C15H24N2OS/c1-3-19-10-9-12(2)17-15(18)11-14(16)13-7-5-4-6-8-13/h4-8,12,14H,3,9-11,16H2,1-2H3,(H,17,18). The summed E-state index contributed by atoms with van der Waals surface area (Å²) in [5.41, 5.74) is 7.03. The lowest BCUT2D eigenvalue weighted by Crippen LogP contribution is -2.34. The maximum atomic E-state index is 11.9. The van der Waals surface area contributed by atoms with E-state index in [1.807, 2.05) is 49.0 Å². The number of amides is 1. The van der Waals surface area contributed by atoms with Crippen molar-refractivity contribution in [3.63, 3.8) is 0 Å². The van der Waals surface area contributed by atoms with Crippen LogP contribution >= 0.6 is 11.8 Å². The number of carbonyl (C=O) groups is 1. The first-order valence-electron chi connectivity index (χ1n) is 6.81. The van der Waals surface area contributed by atoms with E-state index in [-0.39, 0.29) is 18.0 Å². The highest BCUT2D eigenvalue weighted by Gasteiger charge is 2.13. The normalized spacial score (nSPS) is 13.8. The number of carbonyl (C=O) groups excluding carboxylic acids is 1. The lowest BCUT2D eigenvalue weighted by Gasteiger charge is -2.16. The van der Waals surface area contributed by atoms with Crippen LogP contribution in [0.3, 0.4) is 0 Å². The minimum atomic E-state index is -0.224. The monoisotopic (exact) mass is 280 g/mol. The van der Waals surface area contributed by atoms with E-state index in [1.165, 1.54) is 0 Å². The number of thioether (sulfide) groups is 1. The maximum Gasteiger partial charge on any atom is 0.222 e. The van der Waals surface area contributed by atoms with Crippen LogP contribution in [0.1, 0.15) is 38.3 Å². The maximum absolute atomic E-state index is 11.9. The van der Waals surface area contributed by atoms with Crippen molar-refractivity contribution in [1.29, 1.82) is 0 Å². The van der Waals surface area contributed by atoms with Crippen molar-refractivity contribution in [3.05, 3.63) is 35.9 Å². The van der Waals surface area contributed by atoms with Crippen LogP contribution in [0.4, 0.5) is 0 Å². The van der Waals surface area contributed by atoms with Gasteiger partial charge >= 0.3 is 0 Å². The molecule has 19 heavy (non-hydrogen) atoms. The van der Waals surface area contributed by atoms with Crippen LogP contribution in [-0.2, 0) is 4.79 Å². The molecule has 0 fully saturated rings. The zero-order chi connectivity index (χ0) is 14.1. The number of hydrogen-bond donors (Lipinski definition) is 2. The zero-order valence-corrected chi connectivity index (χ0v) is 12.6. The Morgan fingerprint density at radius 1 is 1.37 bits per heavy atom. The van der Waals surface area contributed by atoms with Crippen LogP contribution in [0.5, 0.6) is 0 Å². The van der Waals surface area contributed by atoms with E-state index in [0.717, 1.165) is 23.5 Å². The topological polar surface area (TPSA) is 55.1 Å². The van der Waals surface area contributed by atoms with Gasteiger partial charge in [0.2, 0.25) is 5.91 Å². The number of nitrogens with one attached hydrogen (secondary N) is 1. The molecule has 0 aromatic heterocycles. The molecule has 1 aromatic carbocycles. The van der Waals surface area contributed by atoms with Crippen LogP contribution in [-0.4, -0.2) is 23.5 Å². The molecule has 0 saturated heterocycles. The molecule has 2 atom stereocenters. The average molecular weight is 280 g/mol. The Morgan fingerprint density at radius 3 is 2.68 bits per heavy atom. The summed E-state index contributed by atoms with van der Waals surface area (Å²) in [5, 5.41) is 3.01. The quantitative estimate of drug-likeness (QED) is 0.720. The molecular formula is C15H24N2OS. The summed E-state index contributed by atoms with van der Waals surface area (Å²) in [5.74, 6) is 2.24. The van der Waals surface area contributed by atoms with Crippen LogP contribution in [0, 0.1) is 0 Å². The SMILES string of the molecule is CCSCCC(C)NC(=O)CC(N)c1ccccc1. The van der Waals surface area contributed by atoms with Crippen molar-refractivity contribution in [2.45, 2.75) is 38.8 Å². The molecule has 0 radical (unpaired) electrons. The van der Waals surface area contributed by atoms with Gasteiger partial charge < -0.3 is 11.1 Å². The second-order valence-corrected chi connectivity index (χ2v) is 6.07. The smallest absolute Gasteiger partial charge is 0.222 e. The molecule has 1 aromatic rings. The molecule has 106 valence electrons. The van der Waals surface area contributed by atoms with E-state index < -0.39 is 0 Å². The number of rotatable bonds is 8. The van der Waals surface area contributed by atoms with Crippen molar-refractivity contribution in [2.24, 2.45) is 5.73 Å². The summed E-state index contributed by atoms with van der Waals surface area (Å²) < 4.78 is 0. The van der Waals surface area contributed by atoms with Crippen molar-refractivity contribution in [3.8, 4) is 0 Å². The first kappa shape index (κ1) is 16.1. The third-order valence-electron chi connectivity index (χ3n) is 2.94. The molecule has 0 heterocycles. The fraction of sp³-hybridized carbons (Fsp3) is 0.533. The molecule has 2 unspecified atom stereocenters. The second kappa shape index (κ2) is 8.99. The van der Waals surface area contributed by atoms with Gasteiger partial charge in [0.1, 0.15) is 0 Å². The molecular weight excluding hydrogens is 256 g/mol. The summed E-state index contributed by atoms with van der Waals surface area (Å²) in [6.45, 7) is 4.19. The van der Waals surface area contributed by atoms with Crippen LogP contribution in [0.2, 0.25) is 0 Å². The largest absolute Gasteiger partial charge is 0.354 e. The number of benzene rings is 1. The fourth-order valence-electron chi connectivity index (χ4n) is 1.83. The van der Waals surface area contributed by atoms with Crippen LogP contribution in [0.15, 0.2) is 30.3 Å². The first-order chi connectivity index (χ1) is 9.13. The van der Waals surface area contributed by atoms with Crippen LogP contribution < -0.4 is 11.1 Å². The predicted octanol–water partition coefficient (Wildman–Crippen LogP) is 2.72. The minimum absolute atomic E-state index is 0.0327. The third-order valence-corrected chi connectivity index (χ3v) is 3.87. The van der Waals surface area contributed by atoms with Gasteiger partial charge in [-0.05, 0) is 30.4 Å². The molecule has 0 saturated carbocycles. The fourth-order valence-corrected chi connectivity index (χ4v) is 2.64. The average Bonchev–Trinajstić information content (AvgIpc) is 2.39. The Kier molecular flexibility index (Phi) is 7.60. The van der Waals surface area contributed by atoms with Gasteiger partial charge in [0.15, 0.2) is 0 Å². The summed E-state index contributed by atoms with van der Waals surface area (Å²) in [6, 6.07) is 9.74. The Labute approximate surface area is 120 Å². The van der Waals surface area contributed by atoms with E-state index in [2.05, 4.69) is 12.2 Å². The molecule has 1 rings (SSSR count). The van der Waals surface area contributed by atoms with Crippen molar-refractivity contribution in [1.82, 2.24) is 5.32 Å². The summed E-state index contributed by atoms with van der Waals surface area (Å²) in [7, 11) is 0. The molecule has 4 heteroatoms. The Morgan fingerprint density at radius 2 is 2.05 bits per heavy atom. The van der Waals surface area contributed by atoms with E-state index in [1.54, 1.807) is 0 Å². The Bertz CT molecular complexity index is 370. The minimum Gasteiger partial charge on any atom is -0.354 e. The molecule has 0 aliphatic carbocycles. The van der Waals surface area contributed by atoms with E-state index in [0.29, 0.717) is 6.42 Å². The van der Waals surface area contributed by atoms with Gasteiger partial charge in [0.25, 0.3) is 0 Å². The van der Waals surface area contributed by atoms with Crippen molar-refractivity contribution in [2.75, 3.05) is 11.5 Å². The van der Waals surface area contributed by atoms with Gasteiger partial charge in [0.05, 0.1) is 0 Å². The summed E-state index contributed by atoms with van der Waals surface area (Å²) >= 11 is 1.90. The van der Waals surface area contributed by atoms with Gasteiger partial charge in [-0.2, -0.15) is 11.8 Å². The third kappa shape index (κ3) is 6.64. The van der Waals surface area contributed by atoms with Gasteiger partial charge in [-0.25, -0.2) is 0 Å². The zero-order valence-electron chi connectivity index (χ0n) is 11.8. The Balaban J connectivity index is 2.30. The molecule has 0 aliphatic rings. The van der Waals surface area contributed by atoms with E-state index in [9.17, 15) is 4.79 Å². The number of hydrogen-bond acceptors (Lipinski definition) is 3. The second-order valence-electron chi connectivity index (χ2n) is 4.68. The highest BCUT2D eigenvalue weighted by atomic mass is 32.2. The summed E-state index contributed by atoms with van der Waals surface area (Å²) in [4.78, 5) is 11.9. The molecule has 0 spiro atoms. The highest BCUT2D eigenvalue weighted by Crippen LogP contribution is 2.13. The lowest BCUT2D eigenvalue weighted by atomic mass is 10.0. The van der Waals surface area contributed by atoms with E-state index in [4.69, 9.17) is 5.73 Å². The molecule has 0 bridgehead atoms. The molecule has 3 N–H and O–H groups in total. The summed E-state index contributed by atoms with van der Waals surface area (Å²) in [6.07, 6.45) is 1.35. The van der Waals surface area contributed by atoms with E-state index >= 15 is 0 Å².